The lowest BCUT2D eigenvalue weighted by atomic mass is 9.89. The van der Waals surface area contributed by atoms with Crippen molar-refractivity contribution in [3.05, 3.63) is 39.3 Å². The molecule has 1 atom stereocenters. The van der Waals surface area contributed by atoms with Crippen molar-refractivity contribution in [2.24, 2.45) is 5.92 Å². The van der Waals surface area contributed by atoms with Crippen LogP contribution < -0.4 is 15.1 Å². The molecule has 150 valence electrons. The smallest absolute Gasteiger partial charge is 0.336 e. The van der Waals surface area contributed by atoms with Crippen LogP contribution in [0.3, 0.4) is 0 Å². The summed E-state index contributed by atoms with van der Waals surface area (Å²) in [6.45, 7) is 9.80. The van der Waals surface area contributed by atoms with E-state index >= 15 is 0 Å². The molecule has 1 aromatic carbocycles. The van der Waals surface area contributed by atoms with E-state index in [1.165, 1.54) is 13.2 Å². The SMILES string of the molecule is CCCc1cc(=O)oc2c(C(=O)C(C)CC)c(OC)c3c(c12)OC(C)(C)C=C3. The number of rotatable bonds is 6. The van der Waals surface area contributed by atoms with E-state index in [-0.39, 0.29) is 17.3 Å². The third kappa shape index (κ3) is 3.34. The molecule has 0 amide bonds. The third-order valence-electron chi connectivity index (χ3n) is 5.26. The molecule has 1 aliphatic heterocycles. The van der Waals surface area contributed by atoms with Crippen LogP contribution >= 0.6 is 0 Å². The number of aryl methyl sites for hydroxylation is 1. The molecule has 1 aromatic heterocycles. The van der Waals surface area contributed by atoms with E-state index < -0.39 is 11.2 Å². The van der Waals surface area contributed by atoms with Gasteiger partial charge in [-0.1, -0.05) is 27.2 Å². The van der Waals surface area contributed by atoms with Gasteiger partial charge in [-0.2, -0.15) is 0 Å². The number of carbonyl (C=O) groups is 1. The average Bonchev–Trinajstić information content (AvgIpc) is 2.64. The molecule has 1 unspecified atom stereocenters. The normalized spacial score (nSPS) is 15.8. The number of ether oxygens (including phenoxy) is 2. The Hall–Kier alpha value is -2.56. The van der Waals surface area contributed by atoms with Gasteiger partial charge in [0.15, 0.2) is 11.4 Å². The lowest BCUT2D eigenvalue weighted by molar-refractivity contribution is 0.0924. The molecule has 0 bridgehead atoms. The molecule has 0 spiro atoms. The molecular formula is C23H28O5. The van der Waals surface area contributed by atoms with Gasteiger partial charge < -0.3 is 13.9 Å². The zero-order chi connectivity index (χ0) is 20.6. The summed E-state index contributed by atoms with van der Waals surface area (Å²) in [6, 6.07) is 1.50. The first kappa shape index (κ1) is 20.2. The zero-order valence-corrected chi connectivity index (χ0v) is 17.5. The highest BCUT2D eigenvalue weighted by molar-refractivity contribution is 6.13. The maximum Gasteiger partial charge on any atom is 0.336 e. The van der Waals surface area contributed by atoms with Crippen molar-refractivity contribution >= 4 is 22.8 Å². The van der Waals surface area contributed by atoms with E-state index in [0.29, 0.717) is 40.9 Å². The van der Waals surface area contributed by atoms with Crippen LogP contribution in [0.2, 0.25) is 0 Å². The number of hydrogen-bond acceptors (Lipinski definition) is 5. The molecule has 0 saturated carbocycles. The number of hydrogen-bond donors (Lipinski definition) is 0. The number of Topliss-reactive ketones (excluding diaryl/α,β-unsaturated/α-hetero) is 1. The zero-order valence-electron chi connectivity index (χ0n) is 17.5. The van der Waals surface area contributed by atoms with E-state index in [1.54, 1.807) is 0 Å². The Morgan fingerprint density at radius 1 is 1.29 bits per heavy atom. The largest absolute Gasteiger partial charge is 0.495 e. The standard InChI is InChI=1S/C23H28O5/c1-7-9-14-12-16(24)27-22-17(14)21-15(10-11-23(4,5)28-21)20(26-6)18(22)19(25)13(3)8-2/h10-13H,7-9H2,1-6H3. The summed E-state index contributed by atoms with van der Waals surface area (Å²) in [4.78, 5) is 25.6. The molecule has 0 saturated heterocycles. The van der Waals surface area contributed by atoms with E-state index in [0.717, 1.165) is 12.0 Å². The molecule has 1 aliphatic rings. The second kappa shape index (κ2) is 7.46. The summed E-state index contributed by atoms with van der Waals surface area (Å²) in [5.74, 6) is 0.686. The number of methoxy groups -OCH3 is 1. The van der Waals surface area contributed by atoms with Crippen LogP contribution in [0, 0.1) is 5.92 Å². The second-order valence-electron chi connectivity index (χ2n) is 7.91. The van der Waals surface area contributed by atoms with Crippen molar-refractivity contribution in [3.63, 3.8) is 0 Å². The van der Waals surface area contributed by atoms with Crippen LogP contribution in [-0.4, -0.2) is 18.5 Å². The quantitative estimate of drug-likeness (QED) is 0.508. The molecule has 5 nitrogen and oxygen atoms in total. The van der Waals surface area contributed by atoms with Gasteiger partial charge in [0.1, 0.15) is 22.7 Å². The van der Waals surface area contributed by atoms with Gasteiger partial charge in [-0.05, 0) is 44.4 Å². The lowest BCUT2D eigenvalue weighted by Gasteiger charge is -2.31. The van der Waals surface area contributed by atoms with E-state index in [2.05, 4.69) is 0 Å². The highest BCUT2D eigenvalue weighted by Gasteiger charge is 2.33. The van der Waals surface area contributed by atoms with Gasteiger partial charge in [-0.15, -0.1) is 0 Å². The molecule has 2 aromatic rings. The predicted octanol–water partition coefficient (Wildman–Crippen LogP) is 5.17. The van der Waals surface area contributed by atoms with E-state index in [1.807, 2.05) is 46.8 Å². The van der Waals surface area contributed by atoms with Crippen molar-refractivity contribution in [3.8, 4) is 11.5 Å². The number of benzene rings is 1. The minimum atomic E-state index is -0.521. The molecule has 0 fully saturated rings. The van der Waals surface area contributed by atoms with Crippen LogP contribution in [0.25, 0.3) is 17.0 Å². The van der Waals surface area contributed by atoms with Gasteiger partial charge in [0.05, 0.1) is 18.1 Å². The monoisotopic (exact) mass is 384 g/mol. The number of fused-ring (bicyclic) bond motifs is 3. The number of carbonyl (C=O) groups excluding carboxylic acids is 1. The molecule has 5 heteroatoms. The minimum Gasteiger partial charge on any atom is -0.495 e. The maximum absolute atomic E-state index is 13.3. The van der Waals surface area contributed by atoms with Crippen molar-refractivity contribution in [2.75, 3.05) is 7.11 Å². The van der Waals surface area contributed by atoms with Gasteiger partial charge in [-0.25, -0.2) is 4.79 Å². The van der Waals surface area contributed by atoms with Gasteiger partial charge in [0.2, 0.25) is 0 Å². The number of ketones is 1. The van der Waals surface area contributed by atoms with Crippen LogP contribution in [0.1, 0.15) is 68.9 Å². The molecule has 2 heterocycles. The average molecular weight is 384 g/mol. The second-order valence-corrected chi connectivity index (χ2v) is 7.91. The Morgan fingerprint density at radius 2 is 2.00 bits per heavy atom. The topological polar surface area (TPSA) is 65.7 Å². The van der Waals surface area contributed by atoms with Crippen LogP contribution in [-0.2, 0) is 6.42 Å². The van der Waals surface area contributed by atoms with Crippen molar-refractivity contribution < 1.29 is 18.7 Å². The fraction of sp³-hybridized carbons (Fsp3) is 0.478. The van der Waals surface area contributed by atoms with Crippen molar-refractivity contribution in [1.82, 2.24) is 0 Å². The molecule has 28 heavy (non-hydrogen) atoms. The minimum absolute atomic E-state index is 0.0952. The van der Waals surface area contributed by atoms with Crippen LogP contribution in [0.4, 0.5) is 0 Å². The van der Waals surface area contributed by atoms with Gasteiger partial charge in [-0.3, -0.25) is 4.79 Å². The molecule has 3 rings (SSSR count). The summed E-state index contributed by atoms with van der Waals surface area (Å²) in [6.07, 6.45) is 6.10. The predicted molar refractivity (Wildman–Crippen MR) is 111 cm³/mol. The Morgan fingerprint density at radius 3 is 2.61 bits per heavy atom. The van der Waals surface area contributed by atoms with Gasteiger partial charge >= 0.3 is 5.63 Å². The summed E-state index contributed by atoms with van der Waals surface area (Å²) < 4.78 is 17.6. The summed E-state index contributed by atoms with van der Waals surface area (Å²) in [7, 11) is 1.52. The Kier molecular flexibility index (Phi) is 5.37. The first-order chi connectivity index (χ1) is 13.2. The fourth-order valence-corrected chi connectivity index (χ4v) is 3.61. The first-order valence-corrected chi connectivity index (χ1v) is 9.87. The highest BCUT2D eigenvalue weighted by Crippen LogP contribution is 2.47. The molecular weight excluding hydrogens is 356 g/mol. The Bertz CT molecular complexity index is 1010. The summed E-state index contributed by atoms with van der Waals surface area (Å²) in [5.41, 5.74) is 1.15. The fourth-order valence-electron chi connectivity index (χ4n) is 3.61. The van der Waals surface area contributed by atoms with Gasteiger partial charge in [0.25, 0.3) is 0 Å². The Labute approximate surface area is 165 Å². The summed E-state index contributed by atoms with van der Waals surface area (Å²) in [5, 5.41) is 0.696. The third-order valence-corrected chi connectivity index (χ3v) is 5.26. The Balaban J connectivity index is 2.52. The summed E-state index contributed by atoms with van der Waals surface area (Å²) >= 11 is 0. The molecule has 0 aliphatic carbocycles. The van der Waals surface area contributed by atoms with Crippen LogP contribution in [0.5, 0.6) is 11.5 Å². The maximum atomic E-state index is 13.3. The van der Waals surface area contributed by atoms with E-state index in [4.69, 9.17) is 13.9 Å². The lowest BCUT2D eigenvalue weighted by Crippen LogP contribution is -2.28. The van der Waals surface area contributed by atoms with E-state index in [9.17, 15) is 9.59 Å². The molecule has 0 N–H and O–H groups in total. The molecule has 0 radical (unpaired) electrons. The van der Waals surface area contributed by atoms with Crippen LogP contribution in [0.15, 0.2) is 21.4 Å². The first-order valence-electron chi connectivity index (χ1n) is 9.87. The van der Waals surface area contributed by atoms with Crippen molar-refractivity contribution in [1.29, 1.82) is 0 Å². The van der Waals surface area contributed by atoms with Gasteiger partial charge in [0, 0.05) is 12.0 Å². The van der Waals surface area contributed by atoms with Crippen molar-refractivity contribution in [2.45, 2.75) is 59.5 Å². The highest BCUT2D eigenvalue weighted by atomic mass is 16.5.